The van der Waals surface area contributed by atoms with Crippen LogP contribution < -0.4 is 14.4 Å². The zero-order valence-corrected chi connectivity index (χ0v) is 19.4. The highest BCUT2D eigenvalue weighted by atomic mass is 35.5. The molecule has 0 aliphatic heterocycles. The second-order valence-corrected chi connectivity index (χ2v) is 9.14. The minimum Gasteiger partial charge on any atom is -0.492 e. The Bertz CT molecular complexity index is 846. The highest BCUT2D eigenvalue weighted by Gasteiger charge is 2.22. The molecular formula is C20H29Cl2N3O3S. The fraction of sp³-hybridized carbons (Fsp3) is 0.400. The average Bonchev–Trinajstić information content (AvgIpc) is 2.67. The van der Waals surface area contributed by atoms with Crippen LogP contribution in [-0.4, -0.2) is 59.4 Å². The molecule has 0 aliphatic rings. The largest absolute Gasteiger partial charge is 0.492 e. The van der Waals surface area contributed by atoms with Crippen molar-refractivity contribution in [2.45, 2.75) is 6.92 Å². The minimum atomic E-state index is -3.39. The number of likely N-dealkylation sites (N-methyl/N-ethyl adjacent to an activating group) is 1. The molecule has 1 N–H and O–H groups in total. The van der Waals surface area contributed by atoms with Crippen LogP contribution in [0.4, 0.5) is 11.4 Å². The summed E-state index contributed by atoms with van der Waals surface area (Å²) >= 11 is 5.87. The summed E-state index contributed by atoms with van der Waals surface area (Å²) in [6.07, 6.45) is 0. The Morgan fingerprint density at radius 3 is 2.31 bits per heavy atom. The third-order valence-electron chi connectivity index (χ3n) is 4.12. The van der Waals surface area contributed by atoms with Crippen molar-refractivity contribution in [2.75, 3.05) is 55.7 Å². The van der Waals surface area contributed by atoms with Gasteiger partial charge in [0.2, 0.25) is 10.0 Å². The van der Waals surface area contributed by atoms with Gasteiger partial charge in [-0.05, 0) is 57.4 Å². The lowest BCUT2D eigenvalue weighted by atomic mass is 10.2. The molecule has 9 heteroatoms. The van der Waals surface area contributed by atoms with Gasteiger partial charge in [0.1, 0.15) is 12.4 Å². The number of para-hydroxylation sites is 2. The number of ether oxygens (including phenoxy) is 1. The summed E-state index contributed by atoms with van der Waals surface area (Å²) in [6.45, 7) is 3.66. The van der Waals surface area contributed by atoms with E-state index in [-0.39, 0.29) is 18.2 Å². The highest BCUT2D eigenvalue weighted by Crippen LogP contribution is 2.28. The van der Waals surface area contributed by atoms with Crippen LogP contribution in [0.5, 0.6) is 5.75 Å². The Labute approximate surface area is 185 Å². The number of rotatable bonds is 11. The Morgan fingerprint density at radius 1 is 1.03 bits per heavy atom. The van der Waals surface area contributed by atoms with Crippen molar-refractivity contribution in [2.24, 2.45) is 0 Å². The average molecular weight is 462 g/mol. The molecule has 2 aromatic rings. The number of hydrogen-bond donors (Lipinski definition) is 1. The van der Waals surface area contributed by atoms with Crippen LogP contribution in [0.2, 0.25) is 5.02 Å². The van der Waals surface area contributed by atoms with Crippen LogP contribution in [0.1, 0.15) is 6.92 Å². The monoisotopic (exact) mass is 461 g/mol. The fourth-order valence-corrected chi connectivity index (χ4v) is 3.84. The maximum Gasteiger partial charge on any atom is 0.234 e. The molecule has 0 saturated heterocycles. The molecule has 29 heavy (non-hydrogen) atoms. The third-order valence-corrected chi connectivity index (χ3v) is 6.16. The normalized spacial score (nSPS) is 11.1. The van der Waals surface area contributed by atoms with Crippen LogP contribution in [0, 0.1) is 0 Å². The lowest BCUT2D eigenvalue weighted by Crippen LogP contribution is -2.38. The van der Waals surface area contributed by atoms with Gasteiger partial charge in [0.15, 0.2) is 0 Å². The van der Waals surface area contributed by atoms with Gasteiger partial charge in [-0.2, -0.15) is 0 Å². The van der Waals surface area contributed by atoms with Gasteiger partial charge in [0.25, 0.3) is 0 Å². The highest BCUT2D eigenvalue weighted by molar-refractivity contribution is 7.92. The molecule has 162 valence electrons. The number of nitrogens with one attached hydrogen (secondary N) is 1. The van der Waals surface area contributed by atoms with E-state index in [4.69, 9.17) is 16.3 Å². The molecule has 0 saturated carbocycles. The molecule has 2 rings (SSSR count). The predicted molar refractivity (Wildman–Crippen MR) is 124 cm³/mol. The van der Waals surface area contributed by atoms with Crippen molar-refractivity contribution in [1.29, 1.82) is 0 Å². The van der Waals surface area contributed by atoms with E-state index in [1.807, 2.05) is 55.4 Å². The molecular weight excluding hydrogens is 433 g/mol. The van der Waals surface area contributed by atoms with Crippen molar-refractivity contribution in [3.8, 4) is 5.75 Å². The second-order valence-electron chi connectivity index (χ2n) is 6.52. The standard InChI is InChI=1S/C20H28ClN3O3S.ClH/c1-4-28(25,26)24(15-14-23(2)3)20-8-6-5-7-19(20)22-13-16-27-18-11-9-17(21)10-12-18;/h5-12,22H,4,13-16H2,1-3H3;1H. The van der Waals surface area contributed by atoms with Crippen molar-refractivity contribution in [3.05, 3.63) is 53.6 Å². The number of benzene rings is 2. The number of hydrogen-bond acceptors (Lipinski definition) is 5. The van der Waals surface area contributed by atoms with Crippen LogP contribution in [0.15, 0.2) is 48.5 Å². The SMILES string of the molecule is CCS(=O)(=O)N(CCN(C)C)c1ccccc1NCCOc1ccc(Cl)cc1.Cl. The Morgan fingerprint density at radius 2 is 1.69 bits per heavy atom. The molecule has 0 atom stereocenters. The number of anilines is 2. The van der Waals surface area contributed by atoms with E-state index in [1.54, 1.807) is 19.1 Å². The quantitative estimate of drug-likeness (QED) is 0.512. The number of halogens is 2. The zero-order valence-electron chi connectivity index (χ0n) is 17.0. The van der Waals surface area contributed by atoms with Gasteiger partial charge in [-0.25, -0.2) is 8.42 Å². The first-order chi connectivity index (χ1) is 13.3. The first kappa shape index (κ1) is 25.4. The first-order valence-electron chi connectivity index (χ1n) is 9.20. The lowest BCUT2D eigenvalue weighted by Gasteiger charge is -2.27. The first-order valence-corrected chi connectivity index (χ1v) is 11.2. The van der Waals surface area contributed by atoms with Gasteiger partial charge in [0, 0.05) is 24.7 Å². The third kappa shape index (κ3) is 7.93. The molecule has 0 aliphatic carbocycles. The van der Waals surface area contributed by atoms with E-state index in [2.05, 4.69) is 5.32 Å². The summed E-state index contributed by atoms with van der Waals surface area (Å²) in [5.74, 6) is 0.787. The summed E-state index contributed by atoms with van der Waals surface area (Å²) in [7, 11) is 0.465. The van der Waals surface area contributed by atoms with E-state index < -0.39 is 10.0 Å². The van der Waals surface area contributed by atoms with Crippen molar-refractivity contribution in [1.82, 2.24) is 4.90 Å². The molecule has 6 nitrogen and oxygen atoms in total. The van der Waals surface area contributed by atoms with Crippen molar-refractivity contribution >= 4 is 45.4 Å². The minimum absolute atomic E-state index is 0. The van der Waals surface area contributed by atoms with Crippen molar-refractivity contribution < 1.29 is 13.2 Å². The van der Waals surface area contributed by atoms with E-state index in [1.165, 1.54) is 4.31 Å². The van der Waals surface area contributed by atoms with Crippen molar-refractivity contribution in [3.63, 3.8) is 0 Å². The Hall–Kier alpha value is -1.67. The number of sulfonamides is 1. The van der Waals surface area contributed by atoms with E-state index in [0.717, 1.165) is 11.4 Å². The van der Waals surface area contributed by atoms with Crippen LogP contribution >= 0.6 is 24.0 Å². The summed E-state index contributed by atoms with van der Waals surface area (Å²) in [6, 6.07) is 14.6. The summed E-state index contributed by atoms with van der Waals surface area (Å²) in [4.78, 5) is 1.97. The van der Waals surface area contributed by atoms with Gasteiger partial charge in [0.05, 0.1) is 17.1 Å². The zero-order chi connectivity index (χ0) is 20.6. The Kier molecular flexibility index (Phi) is 10.6. The smallest absolute Gasteiger partial charge is 0.234 e. The van der Waals surface area contributed by atoms with E-state index >= 15 is 0 Å². The van der Waals surface area contributed by atoms with Gasteiger partial charge >= 0.3 is 0 Å². The maximum atomic E-state index is 12.7. The molecule has 0 radical (unpaired) electrons. The molecule has 0 spiro atoms. The molecule has 0 bridgehead atoms. The predicted octanol–water partition coefficient (Wildman–Crippen LogP) is 3.97. The molecule has 0 unspecified atom stereocenters. The van der Waals surface area contributed by atoms with E-state index in [0.29, 0.717) is 37.0 Å². The summed E-state index contributed by atoms with van der Waals surface area (Å²) in [5, 5.41) is 3.95. The Balaban J connectivity index is 0.00000420. The van der Waals surface area contributed by atoms with Gasteiger partial charge < -0.3 is 15.0 Å². The van der Waals surface area contributed by atoms with Crippen LogP contribution in [0.3, 0.4) is 0 Å². The van der Waals surface area contributed by atoms with Gasteiger partial charge in [-0.15, -0.1) is 12.4 Å². The molecule has 0 heterocycles. The molecule has 0 amide bonds. The second kappa shape index (κ2) is 12.1. The number of nitrogens with zero attached hydrogens (tertiary/aromatic N) is 2. The maximum absolute atomic E-state index is 12.7. The summed E-state index contributed by atoms with van der Waals surface area (Å²) in [5.41, 5.74) is 1.41. The van der Waals surface area contributed by atoms with E-state index in [9.17, 15) is 8.42 Å². The fourth-order valence-electron chi connectivity index (χ4n) is 2.58. The topological polar surface area (TPSA) is 61.9 Å². The van der Waals surface area contributed by atoms with Crippen LogP contribution in [-0.2, 0) is 10.0 Å². The van der Waals surface area contributed by atoms with Gasteiger partial charge in [-0.1, -0.05) is 23.7 Å². The van der Waals surface area contributed by atoms with Crippen LogP contribution in [0.25, 0.3) is 0 Å². The van der Waals surface area contributed by atoms with Gasteiger partial charge in [-0.3, -0.25) is 4.31 Å². The molecule has 0 aromatic heterocycles. The molecule has 2 aromatic carbocycles. The summed E-state index contributed by atoms with van der Waals surface area (Å²) < 4.78 is 32.5. The lowest BCUT2D eigenvalue weighted by molar-refractivity contribution is 0.333. The molecule has 0 fully saturated rings.